The monoisotopic (exact) mass is 408 g/mol. The lowest BCUT2D eigenvalue weighted by molar-refractivity contribution is 0.209. The standard InChI is InChI=1S/C24H28N2O2S/c1-4-13-26-24(20-11-7-18(3)8-12-20)22-16-29(27,28)15-21(23(22)25-26)14-19-9-5-17(2)6-10-19/h5-12,14,22,24H,4,13,15-16H2,1-3H3/b21-14+. The van der Waals surface area contributed by atoms with Gasteiger partial charge in [-0.3, -0.25) is 5.01 Å². The summed E-state index contributed by atoms with van der Waals surface area (Å²) < 4.78 is 25.7. The van der Waals surface area contributed by atoms with Crippen molar-refractivity contribution in [1.29, 1.82) is 0 Å². The maximum Gasteiger partial charge on any atom is 0.155 e. The normalized spacial score (nSPS) is 24.4. The molecule has 2 heterocycles. The van der Waals surface area contributed by atoms with Crippen molar-refractivity contribution in [2.75, 3.05) is 18.1 Å². The molecule has 5 heteroatoms. The van der Waals surface area contributed by atoms with Crippen molar-refractivity contribution in [2.24, 2.45) is 11.0 Å². The van der Waals surface area contributed by atoms with Gasteiger partial charge in [0.25, 0.3) is 0 Å². The number of rotatable bonds is 4. The van der Waals surface area contributed by atoms with Crippen molar-refractivity contribution in [1.82, 2.24) is 5.01 Å². The van der Waals surface area contributed by atoms with Gasteiger partial charge in [-0.05, 0) is 43.0 Å². The molecule has 4 nitrogen and oxygen atoms in total. The van der Waals surface area contributed by atoms with Gasteiger partial charge >= 0.3 is 0 Å². The molecule has 0 aliphatic carbocycles. The summed E-state index contributed by atoms with van der Waals surface area (Å²) in [5, 5.41) is 7.06. The second-order valence-corrected chi connectivity index (χ2v) is 10.4. The Labute approximate surface area is 173 Å². The van der Waals surface area contributed by atoms with Crippen LogP contribution in [0.2, 0.25) is 0 Å². The van der Waals surface area contributed by atoms with Crippen LogP contribution >= 0.6 is 0 Å². The third-order valence-corrected chi connectivity index (χ3v) is 7.34. The molecular formula is C24H28N2O2S. The molecule has 1 saturated heterocycles. The fourth-order valence-corrected chi connectivity index (χ4v) is 6.02. The Kier molecular flexibility index (Phi) is 5.34. The van der Waals surface area contributed by atoms with Crippen molar-refractivity contribution < 1.29 is 8.42 Å². The number of sulfone groups is 1. The van der Waals surface area contributed by atoms with Crippen molar-refractivity contribution >= 4 is 21.6 Å². The van der Waals surface area contributed by atoms with Crippen LogP contribution in [0.15, 0.2) is 59.2 Å². The van der Waals surface area contributed by atoms with Crippen LogP contribution < -0.4 is 0 Å². The van der Waals surface area contributed by atoms with E-state index in [0.29, 0.717) is 0 Å². The molecule has 0 N–H and O–H groups in total. The van der Waals surface area contributed by atoms with E-state index in [0.717, 1.165) is 35.4 Å². The van der Waals surface area contributed by atoms with Gasteiger partial charge in [-0.2, -0.15) is 5.10 Å². The molecule has 4 rings (SSSR count). The van der Waals surface area contributed by atoms with E-state index in [-0.39, 0.29) is 23.5 Å². The van der Waals surface area contributed by atoms with Crippen LogP contribution in [0.1, 0.15) is 41.6 Å². The first-order valence-corrected chi connectivity index (χ1v) is 12.1. The highest BCUT2D eigenvalue weighted by Gasteiger charge is 2.45. The highest BCUT2D eigenvalue weighted by atomic mass is 32.2. The Morgan fingerprint density at radius 3 is 2.28 bits per heavy atom. The average molecular weight is 409 g/mol. The van der Waals surface area contributed by atoms with Gasteiger partial charge in [0.05, 0.1) is 23.3 Å². The molecule has 29 heavy (non-hydrogen) atoms. The van der Waals surface area contributed by atoms with Gasteiger partial charge in [-0.15, -0.1) is 0 Å². The van der Waals surface area contributed by atoms with E-state index in [4.69, 9.17) is 5.10 Å². The van der Waals surface area contributed by atoms with E-state index in [1.165, 1.54) is 11.1 Å². The van der Waals surface area contributed by atoms with E-state index >= 15 is 0 Å². The Morgan fingerprint density at radius 2 is 1.66 bits per heavy atom. The number of hydrogen-bond acceptors (Lipinski definition) is 4. The molecule has 2 unspecified atom stereocenters. The zero-order valence-corrected chi connectivity index (χ0v) is 18.1. The smallest absolute Gasteiger partial charge is 0.155 e. The lowest BCUT2D eigenvalue weighted by atomic mass is 9.87. The van der Waals surface area contributed by atoms with Gasteiger partial charge in [0.15, 0.2) is 9.84 Å². The van der Waals surface area contributed by atoms with Gasteiger partial charge in [-0.1, -0.05) is 66.6 Å². The Hall–Kier alpha value is -2.40. The molecule has 0 bridgehead atoms. The third kappa shape index (κ3) is 4.15. The summed E-state index contributed by atoms with van der Waals surface area (Å²) in [6.45, 7) is 7.07. The molecular weight excluding hydrogens is 380 g/mol. The van der Waals surface area contributed by atoms with E-state index in [9.17, 15) is 8.42 Å². The quantitative estimate of drug-likeness (QED) is 0.745. The molecule has 2 aromatic rings. The van der Waals surface area contributed by atoms with Crippen molar-refractivity contribution in [3.8, 4) is 0 Å². The summed E-state index contributed by atoms with van der Waals surface area (Å²) in [6, 6.07) is 16.6. The highest BCUT2D eigenvalue weighted by molar-refractivity contribution is 7.91. The molecule has 2 atom stereocenters. The van der Waals surface area contributed by atoms with Crippen LogP contribution in [-0.4, -0.2) is 37.2 Å². The van der Waals surface area contributed by atoms with Gasteiger partial charge in [-0.25, -0.2) is 8.42 Å². The SMILES string of the molecule is CCCN1N=C2/C(=C/c3ccc(C)cc3)CS(=O)(=O)CC2C1c1ccc(C)cc1. The largest absolute Gasteiger partial charge is 0.289 e. The average Bonchev–Trinajstić information content (AvgIpc) is 3.01. The van der Waals surface area contributed by atoms with Gasteiger partial charge in [0, 0.05) is 12.5 Å². The van der Waals surface area contributed by atoms with E-state index in [1.54, 1.807) is 0 Å². The van der Waals surface area contributed by atoms with E-state index in [1.807, 2.05) is 25.1 Å². The number of hydrogen-bond donors (Lipinski definition) is 0. The second kappa shape index (κ2) is 7.79. The summed E-state index contributed by atoms with van der Waals surface area (Å²) in [6.07, 6.45) is 2.97. The van der Waals surface area contributed by atoms with Crippen LogP contribution in [0.3, 0.4) is 0 Å². The predicted octanol–water partition coefficient (Wildman–Crippen LogP) is 4.55. The zero-order valence-electron chi connectivity index (χ0n) is 17.3. The first-order chi connectivity index (χ1) is 13.9. The maximum absolute atomic E-state index is 12.8. The van der Waals surface area contributed by atoms with Crippen LogP contribution in [0.4, 0.5) is 0 Å². The molecule has 2 aliphatic rings. The number of hydrazone groups is 1. The molecule has 2 aromatic carbocycles. The summed E-state index contributed by atoms with van der Waals surface area (Å²) in [5.74, 6) is 0.104. The topological polar surface area (TPSA) is 49.7 Å². The van der Waals surface area contributed by atoms with Crippen LogP contribution in [0.5, 0.6) is 0 Å². The van der Waals surface area contributed by atoms with Gasteiger partial charge in [0.1, 0.15) is 0 Å². The predicted molar refractivity (Wildman–Crippen MR) is 120 cm³/mol. The fraction of sp³-hybridized carbons (Fsp3) is 0.375. The minimum Gasteiger partial charge on any atom is -0.289 e. The Morgan fingerprint density at radius 1 is 1.03 bits per heavy atom. The lowest BCUT2D eigenvalue weighted by Crippen LogP contribution is -2.37. The summed E-state index contributed by atoms with van der Waals surface area (Å²) in [5.41, 5.74) is 6.32. The molecule has 0 amide bonds. The van der Waals surface area contributed by atoms with E-state index < -0.39 is 9.84 Å². The second-order valence-electron chi connectivity index (χ2n) is 8.25. The molecule has 152 valence electrons. The van der Waals surface area contributed by atoms with Crippen LogP contribution in [0.25, 0.3) is 6.08 Å². The molecule has 0 saturated carbocycles. The summed E-state index contributed by atoms with van der Waals surface area (Å²) in [4.78, 5) is 0. The number of aryl methyl sites for hydroxylation is 2. The first-order valence-electron chi connectivity index (χ1n) is 10.3. The van der Waals surface area contributed by atoms with E-state index in [2.05, 4.69) is 55.3 Å². The highest BCUT2D eigenvalue weighted by Crippen LogP contribution is 2.41. The zero-order chi connectivity index (χ0) is 20.6. The molecule has 0 spiro atoms. The van der Waals surface area contributed by atoms with Crippen molar-refractivity contribution in [3.63, 3.8) is 0 Å². The summed E-state index contributed by atoms with van der Waals surface area (Å²) >= 11 is 0. The van der Waals surface area contributed by atoms with Gasteiger partial charge < -0.3 is 0 Å². The minimum absolute atomic E-state index is 0.0259. The van der Waals surface area contributed by atoms with Gasteiger partial charge in [0.2, 0.25) is 0 Å². The maximum atomic E-state index is 12.8. The molecule has 2 aliphatic heterocycles. The van der Waals surface area contributed by atoms with Crippen molar-refractivity contribution in [2.45, 2.75) is 33.2 Å². The first kappa shape index (κ1) is 19.9. The Bertz CT molecular complexity index is 1050. The third-order valence-electron chi connectivity index (χ3n) is 5.72. The van der Waals surface area contributed by atoms with Crippen LogP contribution in [-0.2, 0) is 9.84 Å². The Balaban J connectivity index is 1.78. The molecule has 0 radical (unpaired) electrons. The number of benzene rings is 2. The fourth-order valence-electron chi connectivity index (χ4n) is 4.31. The molecule has 0 aromatic heterocycles. The number of nitrogens with zero attached hydrogens (tertiary/aromatic N) is 2. The lowest BCUT2D eigenvalue weighted by Gasteiger charge is -2.30. The minimum atomic E-state index is -3.18. The number of fused-ring (bicyclic) bond motifs is 1. The van der Waals surface area contributed by atoms with Crippen LogP contribution in [0, 0.1) is 19.8 Å². The molecule has 1 fully saturated rings. The summed E-state index contributed by atoms with van der Waals surface area (Å²) in [7, 11) is -3.18. The van der Waals surface area contributed by atoms with Crippen molar-refractivity contribution in [3.05, 3.63) is 76.4 Å².